The highest BCUT2D eigenvalue weighted by Crippen LogP contribution is 2.23. The summed E-state index contributed by atoms with van der Waals surface area (Å²) in [6.45, 7) is 8.29. The molecule has 0 saturated carbocycles. The van der Waals surface area contributed by atoms with Crippen molar-refractivity contribution in [1.82, 2.24) is 14.7 Å². The SMILES string of the molecule is COC(=O)c1cc2n(n1)[C@H](C)CN(C(=O)OC(C)(C)C)C2. The highest BCUT2D eigenvalue weighted by atomic mass is 16.6. The van der Waals surface area contributed by atoms with Gasteiger partial charge in [-0.25, -0.2) is 9.59 Å². The van der Waals surface area contributed by atoms with Crippen LogP contribution in [0, 0.1) is 0 Å². The first-order valence-corrected chi connectivity index (χ1v) is 6.86. The van der Waals surface area contributed by atoms with Gasteiger partial charge in [-0.3, -0.25) is 4.68 Å². The van der Waals surface area contributed by atoms with Gasteiger partial charge in [0.25, 0.3) is 0 Å². The Balaban J connectivity index is 2.18. The number of methoxy groups -OCH3 is 1. The maximum atomic E-state index is 12.1. The van der Waals surface area contributed by atoms with Crippen LogP contribution in [0.5, 0.6) is 0 Å². The van der Waals surface area contributed by atoms with Crippen LogP contribution in [0.15, 0.2) is 6.07 Å². The van der Waals surface area contributed by atoms with E-state index in [9.17, 15) is 9.59 Å². The molecule has 1 atom stereocenters. The van der Waals surface area contributed by atoms with Crippen molar-refractivity contribution in [3.8, 4) is 0 Å². The van der Waals surface area contributed by atoms with E-state index in [2.05, 4.69) is 9.84 Å². The molecule has 2 heterocycles. The van der Waals surface area contributed by atoms with Crippen molar-refractivity contribution in [1.29, 1.82) is 0 Å². The number of carbonyl (C=O) groups excluding carboxylic acids is 2. The third-order valence-electron chi connectivity index (χ3n) is 3.11. The molecular weight excluding hydrogens is 274 g/mol. The minimum atomic E-state index is -0.533. The highest BCUT2D eigenvalue weighted by molar-refractivity contribution is 5.87. The Labute approximate surface area is 123 Å². The van der Waals surface area contributed by atoms with Gasteiger partial charge in [0.2, 0.25) is 0 Å². The number of hydrogen-bond donors (Lipinski definition) is 0. The third-order valence-corrected chi connectivity index (χ3v) is 3.11. The Bertz CT molecular complexity index is 559. The molecule has 0 fully saturated rings. The van der Waals surface area contributed by atoms with Crippen LogP contribution in [0.1, 0.15) is 49.9 Å². The zero-order valence-electron chi connectivity index (χ0n) is 13.0. The zero-order chi connectivity index (χ0) is 15.8. The van der Waals surface area contributed by atoms with E-state index in [1.807, 2.05) is 27.7 Å². The lowest BCUT2D eigenvalue weighted by atomic mass is 10.2. The van der Waals surface area contributed by atoms with E-state index in [1.54, 1.807) is 15.6 Å². The van der Waals surface area contributed by atoms with Crippen LogP contribution in [0.3, 0.4) is 0 Å². The van der Waals surface area contributed by atoms with Crippen molar-refractivity contribution in [2.75, 3.05) is 13.7 Å². The Morgan fingerprint density at radius 2 is 2.05 bits per heavy atom. The average molecular weight is 295 g/mol. The molecule has 1 aliphatic rings. The van der Waals surface area contributed by atoms with Gasteiger partial charge in [0.15, 0.2) is 5.69 Å². The molecule has 1 aliphatic heterocycles. The Hall–Kier alpha value is -2.05. The molecule has 0 saturated heterocycles. The fourth-order valence-corrected chi connectivity index (χ4v) is 2.26. The fourth-order valence-electron chi connectivity index (χ4n) is 2.26. The molecule has 0 aliphatic carbocycles. The number of amides is 1. The van der Waals surface area contributed by atoms with E-state index >= 15 is 0 Å². The van der Waals surface area contributed by atoms with E-state index in [1.165, 1.54) is 7.11 Å². The third kappa shape index (κ3) is 3.34. The van der Waals surface area contributed by atoms with E-state index in [0.717, 1.165) is 5.69 Å². The number of aromatic nitrogens is 2. The first-order chi connectivity index (χ1) is 9.71. The Morgan fingerprint density at radius 3 is 2.62 bits per heavy atom. The maximum Gasteiger partial charge on any atom is 0.410 e. The lowest BCUT2D eigenvalue weighted by Crippen LogP contribution is -2.43. The normalized spacial score (nSPS) is 18.1. The summed E-state index contributed by atoms with van der Waals surface area (Å²) in [4.78, 5) is 25.3. The summed E-state index contributed by atoms with van der Waals surface area (Å²) in [6, 6.07) is 1.62. The van der Waals surface area contributed by atoms with Crippen molar-refractivity contribution >= 4 is 12.1 Å². The highest BCUT2D eigenvalue weighted by Gasteiger charge is 2.31. The van der Waals surface area contributed by atoms with Gasteiger partial charge in [0, 0.05) is 6.54 Å². The molecule has 0 aromatic carbocycles. The second-order valence-corrected chi connectivity index (χ2v) is 6.17. The summed E-state index contributed by atoms with van der Waals surface area (Å²) >= 11 is 0. The van der Waals surface area contributed by atoms with Crippen LogP contribution in [-0.2, 0) is 16.0 Å². The predicted molar refractivity (Wildman–Crippen MR) is 74.9 cm³/mol. The molecule has 1 amide bonds. The van der Waals surface area contributed by atoms with E-state index < -0.39 is 11.6 Å². The Morgan fingerprint density at radius 1 is 1.38 bits per heavy atom. The van der Waals surface area contributed by atoms with Crippen LogP contribution in [0.25, 0.3) is 0 Å². The van der Waals surface area contributed by atoms with E-state index in [4.69, 9.17) is 4.74 Å². The smallest absolute Gasteiger partial charge is 0.410 e. The molecule has 0 bridgehead atoms. The first kappa shape index (κ1) is 15.3. The molecule has 0 unspecified atom stereocenters. The lowest BCUT2D eigenvalue weighted by molar-refractivity contribution is 0.0166. The Kier molecular flexibility index (Phi) is 3.93. The van der Waals surface area contributed by atoms with Crippen molar-refractivity contribution in [2.24, 2.45) is 0 Å². The monoisotopic (exact) mass is 295 g/mol. The summed E-state index contributed by atoms with van der Waals surface area (Å²) in [5.74, 6) is -0.479. The fraction of sp³-hybridized carbons (Fsp3) is 0.643. The summed E-state index contributed by atoms with van der Waals surface area (Å²) < 4.78 is 11.8. The summed E-state index contributed by atoms with van der Waals surface area (Å²) in [6.07, 6.45) is -0.360. The van der Waals surface area contributed by atoms with E-state index in [0.29, 0.717) is 13.1 Å². The summed E-state index contributed by atoms with van der Waals surface area (Å²) in [5, 5.41) is 4.23. The van der Waals surface area contributed by atoms with Gasteiger partial charge >= 0.3 is 12.1 Å². The molecule has 7 heteroatoms. The molecule has 0 spiro atoms. The van der Waals surface area contributed by atoms with E-state index in [-0.39, 0.29) is 17.8 Å². The van der Waals surface area contributed by atoms with Crippen LogP contribution in [0.2, 0.25) is 0 Å². The largest absolute Gasteiger partial charge is 0.464 e. The number of hydrogen-bond acceptors (Lipinski definition) is 5. The van der Waals surface area contributed by atoms with Crippen molar-refractivity contribution in [3.05, 3.63) is 17.5 Å². The number of rotatable bonds is 1. The van der Waals surface area contributed by atoms with Crippen molar-refractivity contribution in [3.63, 3.8) is 0 Å². The molecule has 1 aromatic rings. The predicted octanol–water partition coefficient (Wildman–Crippen LogP) is 1.98. The van der Waals surface area contributed by atoms with Gasteiger partial charge < -0.3 is 14.4 Å². The standard InChI is InChI=1S/C14H21N3O4/c1-9-7-16(13(19)21-14(2,3)4)8-10-6-11(12(18)20-5)15-17(9)10/h6,9H,7-8H2,1-5H3/t9-/m1/s1. The summed E-state index contributed by atoms with van der Waals surface area (Å²) in [5.41, 5.74) is 0.514. The molecule has 1 aromatic heterocycles. The van der Waals surface area contributed by atoms with Crippen molar-refractivity contribution < 1.29 is 19.1 Å². The van der Waals surface area contributed by atoms with Crippen LogP contribution in [-0.4, -0.2) is 46.0 Å². The quantitative estimate of drug-likeness (QED) is 0.741. The van der Waals surface area contributed by atoms with Crippen molar-refractivity contribution in [2.45, 2.75) is 45.9 Å². The van der Waals surface area contributed by atoms with Gasteiger partial charge in [0.05, 0.1) is 25.4 Å². The van der Waals surface area contributed by atoms with Gasteiger partial charge in [-0.05, 0) is 33.8 Å². The first-order valence-electron chi connectivity index (χ1n) is 6.86. The minimum absolute atomic E-state index is 0.0281. The number of ether oxygens (including phenoxy) is 2. The van der Waals surface area contributed by atoms with Gasteiger partial charge in [-0.2, -0.15) is 5.10 Å². The molecule has 21 heavy (non-hydrogen) atoms. The van der Waals surface area contributed by atoms with Gasteiger partial charge in [0.1, 0.15) is 5.60 Å². The number of nitrogens with zero attached hydrogens (tertiary/aromatic N) is 3. The van der Waals surface area contributed by atoms with Crippen LogP contribution in [0.4, 0.5) is 4.79 Å². The van der Waals surface area contributed by atoms with Crippen LogP contribution >= 0.6 is 0 Å². The molecular formula is C14H21N3O4. The van der Waals surface area contributed by atoms with Gasteiger partial charge in [-0.1, -0.05) is 0 Å². The van der Waals surface area contributed by atoms with Gasteiger partial charge in [-0.15, -0.1) is 0 Å². The number of carbonyl (C=O) groups is 2. The van der Waals surface area contributed by atoms with Crippen LogP contribution < -0.4 is 0 Å². The summed E-state index contributed by atoms with van der Waals surface area (Å²) in [7, 11) is 1.32. The molecule has 2 rings (SSSR count). The molecule has 116 valence electrons. The maximum absolute atomic E-state index is 12.1. The average Bonchev–Trinajstić information content (AvgIpc) is 2.80. The molecule has 0 radical (unpaired) electrons. The minimum Gasteiger partial charge on any atom is -0.464 e. The molecule has 7 nitrogen and oxygen atoms in total. The lowest BCUT2D eigenvalue weighted by Gasteiger charge is -2.33. The topological polar surface area (TPSA) is 73.7 Å². The molecule has 0 N–H and O–H groups in total. The second-order valence-electron chi connectivity index (χ2n) is 6.17. The number of esters is 1. The zero-order valence-corrected chi connectivity index (χ0v) is 13.0. The number of fused-ring (bicyclic) bond motifs is 1. The second kappa shape index (κ2) is 5.38.